The molecule has 1 unspecified atom stereocenters. The summed E-state index contributed by atoms with van der Waals surface area (Å²) in [6.07, 6.45) is 6.76. The van der Waals surface area contributed by atoms with Gasteiger partial charge in [0.1, 0.15) is 0 Å². The summed E-state index contributed by atoms with van der Waals surface area (Å²) in [6.45, 7) is 2.04. The van der Waals surface area contributed by atoms with E-state index in [0.717, 1.165) is 18.5 Å². The Morgan fingerprint density at radius 3 is 3.14 bits per heavy atom. The van der Waals surface area contributed by atoms with Crippen molar-refractivity contribution in [3.8, 4) is 0 Å². The summed E-state index contributed by atoms with van der Waals surface area (Å²) >= 11 is 7.84. The molecule has 1 aromatic rings. The highest BCUT2D eigenvalue weighted by atomic mass is 35.5. The number of aryl methyl sites for hydroxylation is 1. The molecule has 1 aromatic heterocycles. The van der Waals surface area contributed by atoms with E-state index in [1.54, 1.807) is 11.3 Å². The van der Waals surface area contributed by atoms with E-state index in [9.17, 15) is 0 Å². The zero-order valence-corrected chi connectivity index (χ0v) is 9.87. The second kappa shape index (κ2) is 4.45. The normalized spacial score (nSPS) is 22.1. The first-order chi connectivity index (χ1) is 6.74. The molecule has 0 N–H and O–H groups in total. The molecule has 0 saturated carbocycles. The van der Waals surface area contributed by atoms with E-state index < -0.39 is 0 Å². The van der Waals surface area contributed by atoms with Crippen LogP contribution in [0.4, 0.5) is 0 Å². The fourth-order valence-electron chi connectivity index (χ4n) is 1.77. The molecule has 1 heterocycles. The van der Waals surface area contributed by atoms with Gasteiger partial charge < -0.3 is 0 Å². The average Bonchev–Trinajstić information content (AvgIpc) is 2.51. The summed E-state index contributed by atoms with van der Waals surface area (Å²) in [5, 5.41) is 3.58. The summed E-state index contributed by atoms with van der Waals surface area (Å²) in [6, 6.07) is 0. The molecule has 1 atom stereocenters. The van der Waals surface area contributed by atoms with Gasteiger partial charge in [-0.15, -0.1) is 22.9 Å². The van der Waals surface area contributed by atoms with Crippen LogP contribution < -0.4 is 0 Å². The third kappa shape index (κ3) is 2.58. The van der Waals surface area contributed by atoms with Gasteiger partial charge in [0.05, 0.1) is 10.4 Å². The average molecular weight is 228 g/mol. The number of aromatic nitrogens is 1. The number of nitrogens with zero attached hydrogens (tertiary/aromatic N) is 1. The van der Waals surface area contributed by atoms with Gasteiger partial charge in [0.2, 0.25) is 0 Å². The third-order valence-corrected chi connectivity index (χ3v) is 3.75. The lowest BCUT2D eigenvalue weighted by molar-refractivity contribution is 0.692. The zero-order valence-electron chi connectivity index (χ0n) is 8.29. The third-order valence-electron chi connectivity index (χ3n) is 2.44. The molecule has 1 aliphatic carbocycles. The molecule has 1 nitrogen and oxygen atoms in total. The van der Waals surface area contributed by atoms with Crippen LogP contribution in [0.1, 0.15) is 30.0 Å². The van der Waals surface area contributed by atoms with Crippen LogP contribution in [0.3, 0.4) is 0 Å². The van der Waals surface area contributed by atoms with Crippen molar-refractivity contribution < 1.29 is 0 Å². The van der Waals surface area contributed by atoms with E-state index in [1.807, 2.05) is 6.92 Å². The summed E-state index contributed by atoms with van der Waals surface area (Å²) in [5.41, 5.74) is 2.59. The number of hydrogen-bond donors (Lipinski definition) is 0. The maximum atomic E-state index is 6.09. The molecule has 2 rings (SSSR count). The van der Waals surface area contributed by atoms with Crippen molar-refractivity contribution in [2.75, 3.05) is 0 Å². The van der Waals surface area contributed by atoms with Crippen LogP contribution in [0.15, 0.2) is 17.0 Å². The first-order valence-electron chi connectivity index (χ1n) is 4.98. The number of allylic oxidation sites excluding steroid dienone is 2. The molecular formula is C11H14ClNS. The first-order valence-corrected chi connectivity index (χ1v) is 6.30. The Hall–Kier alpha value is -0.340. The molecule has 14 heavy (non-hydrogen) atoms. The van der Waals surface area contributed by atoms with Gasteiger partial charge in [0.25, 0.3) is 0 Å². The van der Waals surface area contributed by atoms with Crippen LogP contribution in [0, 0.1) is 6.92 Å². The topological polar surface area (TPSA) is 12.9 Å². The predicted molar refractivity (Wildman–Crippen MR) is 62.1 cm³/mol. The summed E-state index contributed by atoms with van der Waals surface area (Å²) in [7, 11) is 0. The van der Waals surface area contributed by atoms with Gasteiger partial charge in [-0.25, -0.2) is 4.98 Å². The van der Waals surface area contributed by atoms with Crippen LogP contribution >= 0.6 is 22.9 Å². The summed E-state index contributed by atoms with van der Waals surface area (Å²) in [4.78, 5) is 4.46. The molecule has 0 amide bonds. The van der Waals surface area contributed by atoms with E-state index >= 15 is 0 Å². The molecule has 3 heteroatoms. The minimum absolute atomic E-state index is 0.250. The van der Waals surface area contributed by atoms with Crippen LogP contribution in [-0.2, 0) is 6.42 Å². The van der Waals surface area contributed by atoms with Crippen molar-refractivity contribution in [2.45, 2.75) is 38.0 Å². The Balaban J connectivity index is 2.03. The summed E-state index contributed by atoms with van der Waals surface area (Å²) in [5.74, 6) is 0. The number of halogens is 1. The Morgan fingerprint density at radius 1 is 1.64 bits per heavy atom. The molecule has 0 aromatic carbocycles. The Labute approximate surface area is 93.8 Å². The molecule has 0 aliphatic heterocycles. The van der Waals surface area contributed by atoms with E-state index in [2.05, 4.69) is 16.4 Å². The Morgan fingerprint density at radius 2 is 2.50 bits per heavy atom. The highest BCUT2D eigenvalue weighted by molar-refractivity contribution is 7.09. The first kappa shape index (κ1) is 10.2. The number of rotatable bonds is 2. The molecule has 0 saturated heterocycles. The minimum atomic E-state index is 0.250. The highest BCUT2D eigenvalue weighted by Gasteiger charge is 2.12. The number of alkyl halides is 1. The number of thiazole rings is 1. The van der Waals surface area contributed by atoms with Crippen molar-refractivity contribution in [2.24, 2.45) is 0 Å². The van der Waals surface area contributed by atoms with E-state index in [-0.39, 0.29) is 5.38 Å². The van der Waals surface area contributed by atoms with Crippen molar-refractivity contribution >= 4 is 22.9 Å². The van der Waals surface area contributed by atoms with Crippen LogP contribution in [-0.4, -0.2) is 10.4 Å². The van der Waals surface area contributed by atoms with Gasteiger partial charge in [-0.1, -0.05) is 11.6 Å². The largest absolute Gasteiger partial charge is 0.246 e. The van der Waals surface area contributed by atoms with Crippen LogP contribution in [0.5, 0.6) is 0 Å². The standard InChI is InChI=1S/C11H14ClNS/c1-8-7-14-11(13-8)6-9-3-2-4-10(12)5-9/h5,7,10H,2-4,6H2,1H3. The lowest BCUT2D eigenvalue weighted by Gasteiger charge is -2.15. The maximum absolute atomic E-state index is 6.09. The molecule has 1 aliphatic rings. The van der Waals surface area contributed by atoms with Crippen LogP contribution in [0.25, 0.3) is 0 Å². The van der Waals surface area contributed by atoms with Gasteiger partial charge in [-0.3, -0.25) is 0 Å². The minimum Gasteiger partial charge on any atom is -0.246 e. The lowest BCUT2D eigenvalue weighted by Crippen LogP contribution is -2.05. The van der Waals surface area contributed by atoms with E-state index in [4.69, 9.17) is 11.6 Å². The molecule has 0 bridgehead atoms. The summed E-state index contributed by atoms with van der Waals surface area (Å²) < 4.78 is 0. The molecular weight excluding hydrogens is 214 g/mol. The van der Waals surface area contributed by atoms with Gasteiger partial charge in [0, 0.05) is 17.5 Å². The SMILES string of the molecule is Cc1csc(CC2=CC(Cl)CCC2)n1. The predicted octanol–water partition coefficient (Wildman–Crippen LogP) is 3.71. The van der Waals surface area contributed by atoms with Gasteiger partial charge >= 0.3 is 0 Å². The van der Waals surface area contributed by atoms with Gasteiger partial charge in [-0.05, 0) is 26.2 Å². The molecule has 76 valence electrons. The maximum Gasteiger partial charge on any atom is 0.0968 e. The van der Waals surface area contributed by atoms with E-state index in [1.165, 1.54) is 23.4 Å². The fraction of sp³-hybridized carbons (Fsp3) is 0.545. The monoisotopic (exact) mass is 227 g/mol. The van der Waals surface area contributed by atoms with Crippen molar-refractivity contribution in [1.82, 2.24) is 4.98 Å². The van der Waals surface area contributed by atoms with E-state index in [0.29, 0.717) is 0 Å². The second-order valence-electron chi connectivity index (χ2n) is 3.79. The fourth-order valence-corrected chi connectivity index (χ4v) is 2.93. The second-order valence-corrected chi connectivity index (χ2v) is 5.30. The van der Waals surface area contributed by atoms with Crippen molar-refractivity contribution in [1.29, 1.82) is 0 Å². The molecule has 0 fully saturated rings. The van der Waals surface area contributed by atoms with Crippen molar-refractivity contribution in [3.05, 3.63) is 27.7 Å². The number of hydrogen-bond acceptors (Lipinski definition) is 2. The van der Waals surface area contributed by atoms with Gasteiger partial charge in [0.15, 0.2) is 0 Å². The Bertz CT molecular complexity index is 343. The quantitative estimate of drug-likeness (QED) is 0.555. The Kier molecular flexibility index (Phi) is 3.24. The lowest BCUT2D eigenvalue weighted by atomic mass is 9.97. The highest BCUT2D eigenvalue weighted by Crippen LogP contribution is 2.25. The van der Waals surface area contributed by atoms with Crippen molar-refractivity contribution in [3.63, 3.8) is 0 Å². The van der Waals surface area contributed by atoms with Gasteiger partial charge in [-0.2, -0.15) is 0 Å². The molecule has 0 radical (unpaired) electrons. The van der Waals surface area contributed by atoms with Crippen LogP contribution in [0.2, 0.25) is 0 Å². The zero-order chi connectivity index (χ0) is 9.97. The molecule has 0 spiro atoms. The smallest absolute Gasteiger partial charge is 0.0968 e.